The van der Waals surface area contributed by atoms with Gasteiger partial charge in [0.25, 0.3) is 0 Å². The molecule has 14 heteroatoms. The van der Waals surface area contributed by atoms with Gasteiger partial charge in [-0.3, -0.25) is 14.8 Å². The number of aliphatic imine (C=N–C) groups is 1. The Kier molecular flexibility index (Phi) is 12.8. The van der Waals surface area contributed by atoms with Gasteiger partial charge in [-0.05, 0) is 79.8 Å². The number of carbonyl (C=O) groups is 1. The van der Waals surface area contributed by atoms with Crippen LogP contribution in [0.4, 0.5) is 4.79 Å². The standard InChI is InChI=1S/C38H47Cl2N5O5S2/c1-4-50-33-25-27(2)34(52(48,49)44-18-6-5-7-19-44)26-32(33)37-41-35(28-9-13-30(39)14-10-28)36(29-11-15-31(40)16-12-29)45(37)38(46)43-22-20-42(21-23-43)17-8-24-51(3)47/h9-16,25-26,35-36H,4-8,17-24H2,1-3H3/t35-,36+,51?/m0/s1. The van der Waals surface area contributed by atoms with E-state index in [1.54, 1.807) is 46.7 Å². The Bertz CT molecular complexity index is 1850. The Morgan fingerprint density at radius 2 is 1.54 bits per heavy atom. The predicted molar refractivity (Wildman–Crippen MR) is 209 cm³/mol. The SMILES string of the molecule is CCOc1cc(C)c(S(=O)(=O)N2CCCCC2)cc1C1=N[C@@H](c2ccc(Cl)cc2)[C@@H](c2ccc(Cl)cc2)N1C(=O)N1CCN(CCC[S+](C)[O-])CC1. The third-order valence-corrected chi connectivity index (χ3v) is 13.4. The average Bonchev–Trinajstić information content (AvgIpc) is 3.53. The van der Waals surface area contributed by atoms with Crippen LogP contribution in [0.15, 0.2) is 70.6 Å². The van der Waals surface area contributed by atoms with E-state index in [9.17, 15) is 13.0 Å². The lowest BCUT2D eigenvalue weighted by Crippen LogP contribution is -2.54. The third kappa shape index (κ3) is 8.59. The molecule has 3 atom stereocenters. The molecule has 0 spiro atoms. The zero-order chi connectivity index (χ0) is 37.0. The minimum Gasteiger partial charge on any atom is -0.617 e. The van der Waals surface area contributed by atoms with Crippen LogP contribution < -0.4 is 4.74 Å². The zero-order valence-electron chi connectivity index (χ0n) is 30.0. The van der Waals surface area contributed by atoms with E-state index >= 15 is 4.79 Å². The van der Waals surface area contributed by atoms with E-state index < -0.39 is 33.3 Å². The van der Waals surface area contributed by atoms with Crippen molar-refractivity contribution in [2.75, 3.05) is 64.4 Å². The van der Waals surface area contributed by atoms with Crippen LogP contribution >= 0.6 is 23.2 Å². The van der Waals surface area contributed by atoms with E-state index in [0.29, 0.717) is 84.4 Å². The Balaban J connectivity index is 1.47. The second kappa shape index (κ2) is 17.1. The molecule has 6 rings (SSSR count). The van der Waals surface area contributed by atoms with Crippen LogP contribution in [-0.2, 0) is 21.2 Å². The summed E-state index contributed by atoms with van der Waals surface area (Å²) in [6.07, 6.45) is 5.18. The molecule has 2 fully saturated rings. The van der Waals surface area contributed by atoms with E-state index in [0.717, 1.165) is 43.4 Å². The molecule has 2 saturated heterocycles. The summed E-state index contributed by atoms with van der Waals surface area (Å²) < 4.78 is 47.8. The van der Waals surface area contributed by atoms with E-state index in [1.165, 1.54) is 0 Å². The molecule has 0 saturated carbocycles. The van der Waals surface area contributed by atoms with Gasteiger partial charge in [-0.25, -0.2) is 13.2 Å². The fourth-order valence-electron chi connectivity index (χ4n) is 7.29. The van der Waals surface area contributed by atoms with Crippen LogP contribution in [0.5, 0.6) is 5.75 Å². The minimum absolute atomic E-state index is 0.183. The molecule has 0 aromatic heterocycles. The normalized spacial score (nSPS) is 20.9. The maximum Gasteiger partial charge on any atom is 0.326 e. The number of halogens is 2. The number of ether oxygens (including phenoxy) is 1. The number of nitrogens with zero attached hydrogens (tertiary/aromatic N) is 5. The number of benzene rings is 3. The number of sulfonamides is 1. The zero-order valence-corrected chi connectivity index (χ0v) is 33.1. The average molecular weight is 789 g/mol. The first-order chi connectivity index (χ1) is 25.0. The van der Waals surface area contributed by atoms with Gasteiger partial charge in [0.15, 0.2) is 0 Å². The Morgan fingerprint density at radius 1 is 0.923 bits per heavy atom. The van der Waals surface area contributed by atoms with Crippen molar-refractivity contribution in [3.63, 3.8) is 0 Å². The highest BCUT2D eigenvalue weighted by Gasteiger charge is 2.45. The van der Waals surface area contributed by atoms with Crippen molar-refractivity contribution in [1.29, 1.82) is 0 Å². The Hall–Kier alpha value is -2.84. The van der Waals surface area contributed by atoms with E-state index in [2.05, 4.69) is 4.90 Å². The number of rotatable bonds is 11. The van der Waals surface area contributed by atoms with Gasteiger partial charge in [0.1, 0.15) is 23.4 Å². The number of carbonyl (C=O) groups excluding carboxylic acids is 1. The lowest BCUT2D eigenvalue weighted by atomic mass is 9.93. The van der Waals surface area contributed by atoms with Crippen molar-refractivity contribution >= 4 is 56.3 Å². The maximum atomic E-state index is 15.0. The lowest BCUT2D eigenvalue weighted by Gasteiger charge is -2.39. The fraction of sp³-hybridized carbons (Fsp3) is 0.474. The highest BCUT2D eigenvalue weighted by Crippen LogP contribution is 2.46. The van der Waals surface area contributed by atoms with E-state index in [1.807, 2.05) is 48.2 Å². The molecule has 3 aliphatic heterocycles. The predicted octanol–water partition coefficient (Wildman–Crippen LogP) is 6.93. The fourth-order valence-corrected chi connectivity index (χ4v) is 9.83. The smallest absolute Gasteiger partial charge is 0.326 e. The minimum atomic E-state index is -3.84. The molecule has 2 amide bonds. The van der Waals surface area contributed by atoms with Gasteiger partial charge in [0, 0.05) is 62.3 Å². The molecule has 0 N–H and O–H groups in total. The van der Waals surface area contributed by atoms with E-state index in [4.69, 9.17) is 32.9 Å². The second-order valence-electron chi connectivity index (χ2n) is 13.6. The Labute approximate surface area is 320 Å². The molecular formula is C38H47Cl2N5O5S2. The maximum absolute atomic E-state index is 15.0. The van der Waals surface area contributed by atoms with Gasteiger partial charge < -0.3 is 14.2 Å². The molecular weight excluding hydrogens is 741 g/mol. The molecule has 280 valence electrons. The largest absolute Gasteiger partial charge is 0.617 e. The van der Waals surface area contributed by atoms with Gasteiger partial charge in [0.05, 0.1) is 29.4 Å². The summed E-state index contributed by atoms with van der Waals surface area (Å²) in [6, 6.07) is 16.9. The molecule has 3 aromatic carbocycles. The first-order valence-corrected chi connectivity index (χ1v) is 21.9. The number of hydrogen-bond donors (Lipinski definition) is 0. The summed E-state index contributed by atoms with van der Waals surface area (Å²) in [5, 5.41) is 1.14. The summed E-state index contributed by atoms with van der Waals surface area (Å²) in [4.78, 5) is 26.4. The first kappa shape index (κ1) is 38.9. The number of piperidine rings is 1. The summed E-state index contributed by atoms with van der Waals surface area (Å²) in [5.74, 6) is 1.45. The molecule has 0 radical (unpaired) electrons. The van der Waals surface area contributed by atoms with Crippen LogP contribution in [0.2, 0.25) is 10.0 Å². The van der Waals surface area contributed by atoms with Gasteiger partial charge in [0.2, 0.25) is 10.0 Å². The van der Waals surface area contributed by atoms with Crippen LogP contribution in [0, 0.1) is 6.92 Å². The monoisotopic (exact) mass is 787 g/mol. The van der Waals surface area contributed by atoms with Crippen molar-refractivity contribution in [1.82, 2.24) is 19.0 Å². The van der Waals surface area contributed by atoms with Gasteiger partial charge in [-0.1, -0.05) is 65.1 Å². The third-order valence-electron chi connectivity index (χ3n) is 10.00. The quantitative estimate of drug-likeness (QED) is 0.195. The summed E-state index contributed by atoms with van der Waals surface area (Å²) >= 11 is 11.9. The number of hydrogen-bond acceptors (Lipinski definition) is 7. The van der Waals surface area contributed by atoms with Gasteiger partial charge in [-0.2, -0.15) is 4.31 Å². The van der Waals surface area contributed by atoms with Gasteiger partial charge in [-0.15, -0.1) is 0 Å². The molecule has 3 aromatic rings. The second-order valence-corrected chi connectivity index (χ2v) is 17.9. The van der Waals surface area contributed by atoms with Crippen molar-refractivity contribution in [2.45, 2.75) is 56.5 Å². The highest BCUT2D eigenvalue weighted by atomic mass is 35.5. The van der Waals surface area contributed by atoms with Crippen molar-refractivity contribution < 1.29 is 22.5 Å². The van der Waals surface area contributed by atoms with Crippen molar-refractivity contribution in [3.05, 3.63) is 93.0 Å². The molecule has 0 aliphatic carbocycles. The molecule has 3 heterocycles. The summed E-state index contributed by atoms with van der Waals surface area (Å²) in [5.41, 5.74) is 2.69. The van der Waals surface area contributed by atoms with Crippen molar-refractivity contribution in [2.24, 2.45) is 4.99 Å². The van der Waals surface area contributed by atoms with Gasteiger partial charge >= 0.3 is 6.03 Å². The number of aryl methyl sites for hydroxylation is 1. The van der Waals surface area contributed by atoms with Crippen LogP contribution in [0.3, 0.4) is 0 Å². The topological polar surface area (TPSA) is 109 Å². The van der Waals surface area contributed by atoms with Crippen LogP contribution in [0.25, 0.3) is 0 Å². The number of piperazine rings is 1. The molecule has 10 nitrogen and oxygen atoms in total. The number of urea groups is 1. The summed E-state index contributed by atoms with van der Waals surface area (Å²) in [6.45, 7) is 8.11. The molecule has 1 unspecified atom stereocenters. The molecule has 52 heavy (non-hydrogen) atoms. The van der Waals surface area contributed by atoms with Crippen LogP contribution in [-0.4, -0.2) is 108 Å². The lowest BCUT2D eigenvalue weighted by molar-refractivity contribution is 0.119. The highest BCUT2D eigenvalue weighted by molar-refractivity contribution is 7.90. The molecule has 0 bridgehead atoms. The van der Waals surface area contributed by atoms with Crippen molar-refractivity contribution in [3.8, 4) is 5.75 Å². The van der Waals surface area contributed by atoms with Crippen LogP contribution in [0.1, 0.15) is 66.9 Å². The Morgan fingerprint density at radius 3 is 2.13 bits per heavy atom. The number of amidine groups is 1. The summed E-state index contributed by atoms with van der Waals surface area (Å²) in [7, 11) is -3.84. The molecule has 3 aliphatic rings. The number of amides is 2. The first-order valence-electron chi connectivity index (χ1n) is 17.9. The van der Waals surface area contributed by atoms with E-state index in [-0.39, 0.29) is 10.9 Å².